The summed E-state index contributed by atoms with van der Waals surface area (Å²) >= 11 is 0. The zero-order chi connectivity index (χ0) is 55.1. The lowest BCUT2D eigenvalue weighted by molar-refractivity contribution is -0.118. The first kappa shape index (κ1) is 56.3. The molecule has 0 fully saturated rings. The SMILES string of the molecule is C=C(C)C(=O)NCCCN(Cc1ccccc1B(O)O)Cc1c2ccccc2c(CN(CCCNC(=O)C(=C)C)Cc2ccccc2B(O)O)c2cc(C3=C4C=C/C(=N\C)C=C4[Si](C)(C)c4cc(N(C)C)ccc43)ccc12. The first-order valence-electron chi connectivity index (χ1n) is 26.5. The van der Waals surface area contributed by atoms with E-state index < -0.39 is 22.3 Å². The molecule has 2 amide bonds. The zero-order valence-corrected chi connectivity index (χ0v) is 46.7. The number of hydrogen-bond acceptors (Lipinski definition) is 10. The summed E-state index contributed by atoms with van der Waals surface area (Å²) in [5.41, 5.74) is 12.3. The summed E-state index contributed by atoms with van der Waals surface area (Å²) in [5, 5.41) is 55.2. The molecule has 6 N–H and O–H groups in total. The van der Waals surface area contributed by atoms with Crippen molar-refractivity contribution in [2.24, 2.45) is 4.99 Å². The van der Waals surface area contributed by atoms with Crippen LogP contribution in [0.1, 0.15) is 60.1 Å². The van der Waals surface area contributed by atoms with E-state index in [2.05, 4.69) is 150 Å². The molecule has 396 valence electrons. The van der Waals surface area contributed by atoms with E-state index in [4.69, 9.17) is 0 Å². The largest absolute Gasteiger partial charge is 0.488 e. The number of nitrogens with zero attached hydrogens (tertiary/aromatic N) is 4. The van der Waals surface area contributed by atoms with Crippen molar-refractivity contribution in [1.82, 2.24) is 20.4 Å². The number of allylic oxidation sites excluding steroid dienone is 5. The van der Waals surface area contributed by atoms with Gasteiger partial charge in [-0.15, -0.1) is 0 Å². The Balaban J connectivity index is 1.36. The Morgan fingerprint density at radius 2 is 1.14 bits per heavy atom. The Bertz CT molecular complexity index is 3380. The van der Waals surface area contributed by atoms with Crippen molar-refractivity contribution in [3.8, 4) is 0 Å². The van der Waals surface area contributed by atoms with Gasteiger partial charge in [-0.1, -0.05) is 123 Å². The van der Waals surface area contributed by atoms with Crippen LogP contribution >= 0.6 is 0 Å². The third-order valence-corrected chi connectivity index (χ3v) is 18.6. The maximum atomic E-state index is 12.7. The van der Waals surface area contributed by atoms with Crippen LogP contribution in [0.25, 0.3) is 27.1 Å². The molecule has 0 spiro atoms. The second-order valence-electron chi connectivity index (χ2n) is 21.2. The molecule has 0 saturated heterocycles. The molecule has 6 aromatic carbocycles. The van der Waals surface area contributed by atoms with Crippen LogP contribution in [-0.2, 0) is 35.8 Å². The molecule has 1 aliphatic carbocycles. The van der Waals surface area contributed by atoms with Gasteiger partial charge in [0, 0.05) is 90.3 Å². The number of hydrogen-bond donors (Lipinski definition) is 6. The highest BCUT2D eigenvalue weighted by atomic mass is 28.3. The summed E-state index contributed by atoms with van der Waals surface area (Å²) in [4.78, 5) is 36.7. The highest BCUT2D eigenvalue weighted by molar-refractivity contribution is 6.98. The Kier molecular flexibility index (Phi) is 18.0. The molecule has 1 heterocycles. The topological polar surface area (TPSA) is 161 Å². The van der Waals surface area contributed by atoms with Gasteiger partial charge in [0.05, 0.1) is 5.71 Å². The van der Waals surface area contributed by atoms with Gasteiger partial charge in [0.25, 0.3) is 0 Å². The van der Waals surface area contributed by atoms with Crippen molar-refractivity contribution in [3.63, 3.8) is 0 Å². The molecule has 0 bridgehead atoms. The van der Waals surface area contributed by atoms with Crippen LogP contribution in [-0.4, -0.2) is 117 Å². The number of anilines is 1. The zero-order valence-electron chi connectivity index (χ0n) is 45.7. The van der Waals surface area contributed by atoms with Crippen molar-refractivity contribution in [1.29, 1.82) is 0 Å². The number of fused-ring (bicyclic) bond motifs is 4. The Morgan fingerprint density at radius 1 is 0.636 bits per heavy atom. The number of carbonyl (C=O) groups excluding carboxylic acids is 2. The predicted octanol–water partition coefficient (Wildman–Crippen LogP) is 6.42. The average molecular weight is 1050 g/mol. The number of rotatable bonds is 22. The van der Waals surface area contributed by atoms with Gasteiger partial charge in [0.1, 0.15) is 8.07 Å². The summed E-state index contributed by atoms with van der Waals surface area (Å²) in [6, 6.07) is 37.1. The third-order valence-electron chi connectivity index (χ3n) is 15.1. The Morgan fingerprint density at radius 3 is 1.65 bits per heavy atom. The molecule has 6 aromatic rings. The molecule has 12 nitrogen and oxygen atoms in total. The van der Waals surface area contributed by atoms with Crippen molar-refractivity contribution in [3.05, 3.63) is 196 Å². The molecule has 0 unspecified atom stereocenters. The van der Waals surface area contributed by atoms with E-state index in [0.29, 0.717) is 87.3 Å². The molecule has 77 heavy (non-hydrogen) atoms. The summed E-state index contributed by atoms with van der Waals surface area (Å²) in [6.07, 6.45) is 7.91. The molecule has 2 aliphatic rings. The van der Waals surface area contributed by atoms with Crippen LogP contribution < -0.4 is 31.6 Å². The third kappa shape index (κ3) is 12.6. The first-order valence-corrected chi connectivity index (χ1v) is 29.5. The second-order valence-corrected chi connectivity index (χ2v) is 25.5. The minimum absolute atomic E-state index is 0.193. The summed E-state index contributed by atoms with van der Waals surface area (Å²) in [7, 11) is 0.425. The monoisotopic (exact) mass is 1050 g/mol. The van der Waals surface area contributed by atoms with Gasteiger partial charge in [0.2, 0.25) is 11.8 Å². The van der Waals surface area contributed by atoms with Crippen molar-refractivity contribution in [2.75, 3.05) is 52.2 Å². The molecular weight excluding hydrogens is 974 g/mol. The summed E-state index contributed by atoms with van der Waals surface area (Å²) in [5.74, 6) is -0.388. The van der Waals surface area contributed by atoms with Crippen LogP contribution in [0.5, 0.6) is 0 Å². The number of benzene rings is 6. The molecule has 1 aliphatic heterocycles. The van der Waals surface area contributed by atoms with Gasteiger partial charge in [-0.25, -0.2) is 0 Å². The van der Waals surface area contributed by atoms with Gasteiger partial charge in [-0.3, -0.25) is 24.4 Å². The molecule has 0 aromatic heterocycles. The van der Waals surface area contributed by atoms with Crippen LogP contribution in [0, 0.1) is 0 Å². The number of nitrogens with one attached hydrogen (secondary N) is 2. The fourth-order valence-electron chi connectivity index (χ4n) is 10.9. The van der Waals surface area contributed by atoms with E-state index in [-0.39, 0.29) is 11.8 Å². The van der Waals surface area contributed by atoms with E-state index in [9.17, 15) is 29.7 Å². The first-order chi connectivity index (χ1) is 36.9. The van der Waals surface area contributed by atoms with E-state index in [1.54, 1.807) is 26.0 Å². The van der Waals surface area contributed by atoms with Gasteiger partial charge in [-0.2, -0.15) is 0 Å². The van der Waals surface area contributed by atoms with Crippen molar-refractivity contribution >= 4 is 88.8 Å². The van der Waals surface area contributed by atoms with Gasteiger partial charge in [0.15, 0.2) is 0 Å². The van der Waals surface area contributed by atoms with E-state index in [0.717, 1.165) is 66.3 Å². The molecular formula is C62H72B2N6O6Si. The van der Waals surface area contributed by atoms with Crippen molar-refractivity contribution < 1.29 is 29.7 Å². The lowest BCUT2D eigenvalue weighted by atomic mass is 9.77. The molecule has 8 rings (SSSR count). The molecule has 15 heteroatoms. The fraction of sp³-hybridized carbons (Fsp3) is 0.274. The second kappa shape index (κ2) is 24.6. The van der Waals surface area contributed by atoms with E-state index in [1.807, 2.05) is 43.4 Å². The van der Waals surface area contributed by atoms with Crippen LogP contribution in [0.3, 0.4) is 0 Å². The highest BCUT2D eigenvalue weighted by Gasteiger charge is 2.40. The maximum absolute atomic E-state index is 12.7. The Hall–Kier alpha value is -6.94. The van der Waals surface area contributed by atoms with Gasteiger partial charge >= 0.3 is 14.2 Å². The molecule has 0 atom stereocenters. The van der Waals surface area contributed by atoms with Crippen molar-refractivity contribution in [2.45, 2.75) is 66.0 Å². The lowest BCUT2D eigenvalue weighted by Crippen LogP contribution is -2.49. The van der Waals surface area contributed by atoms with Crippen LogP contribution in [0.4, 0.5) is 5.69 Å². The fourth-order valence-corrected chi connectivity index (χ4v) is 14.0. The van der Waals surface area contributed by atoms with Crippen LogP contribution in [0.15, 0.2) is 167 Å². The van der Waals surface area contributed by atoms with Gasteiger partial charge in [-0.05, 0) is 144 Å². The summed E-state index contributed by atoms with van der Waals surface area (Å²) in [6.45, 7) is 19.7. The van der Waals surface area contributed by atoms with Crippen LogP contribution in [0.2, 0.25) is 13.1 Å². The molecule has 0 saturated carbocycles. The van der Waals surface area contributed by atoms with Gasteiger partial charge < -0.3 is 35.6 Å². The average Bonchev–Trinajstić information content (AvgIpc) is 3.48. The minimum atomic E-state index is -2.28. The van der Waals surface area contributed by atoms with E-state index in [1.165, 1.54) is 21.5 Å². The standard InChI is InChI=1S/C62H72B2N6O6Si/c1-41(2)61(71)66-30-16-32-69(37-44-18-10-14-22-56(44)63(73)74)39-54-48-20-12-13-21-49(48)55(40-70(33-17-31-67-62(72)42(3)4)38-45-19-11-15-23-57(45)64(75)76)53-34-43(24-27-50(53)54)60-51-28-25-46(65-5)35-58(51)77(8,9)59-36-47(68(6)7)26-29-52(59)60/h10-15,18-29,34-36,73-76H,1,3,16-17,30-33,37-40H2,2,4-9H3,(H,66,71)(H,67,72)/b65-46+. The normalized spacial score (nSPS) is 14.2. The quantitative estimate of drug-likeness (QED) is 0.0195. The van der Waals surface area contributed by atoms with E-state index >= 15 is 0 Å². The summed E-state index contributed by atoms with van der Waals surface area (Å²) < 4.78 is 0. The highest BCUT2D eigenvalue weighted by Crippen LogP contribution is 2.44. The predicted molar refractivity (Wildman–Crippen MR) is 322 cm³/mol. The minimum Gasteiger partial charge on any atom is -0.423 e. The number of aliphatic imine (C=N–C) groups is 1. The molecule has 0 radical (unpaired) electrons. The maximum Gasteiger partial charge on any atom is 0.488 e. The number of carbonyl (C=O) groups is 2. The lowest BCUT2D eigenvalue weighted by Gasteiger charge is -2.38. The smallest absolute Gasteiger partial charge is 0.423 e. The number of amides is 2. The Labute approximate surface area is 455 Å².